The predicted molar refractivity (Wildman–Crippen MR) is 74.5 cm³/mol. The van der Waals surface area contributed by atoms with Gasteiger partial charge in [-0.15, -0.1) is 11.8 Å². The van der Waals surface area contributed by atoms with Gasteiger partial charge in [-0.1, -0.05) is 30.3 Å². The minimum absolute atomic E-state index is 0.0542. The lowest BCUT2D eigenvalue weighted by Gasteiger charge is -2.19. The van der Waals surface area contributed by atoms with Gasteiger partial charge in [0.2, 0.25) is 10.0 Å². The van der Waals surface area contributed by atoms with E-state index in [1.54, 1.807) is 0 Å². The van der Waals surface area contributed by atoms with Crippen LogP contribution in [0.25, 0.3) is 0 Å². The van der Waals surface area contributed by atoms with Crippen LogP contribution in [0.3, 0.4) is 0 Å². The molecule has 0 unspecified atom stereocenters. The topological polar surface area (TPSA) is 74.7 Å². The molecule has 0 radical (unpaired) electrons. The fourth-order valence-electron chi connectivity index (χ4n) is 1.90. The molecule has 1 fully saturated rings. The third kappa shape index (κ3) is 3.49. The van der Waals surface area contributed by atoms with Gasteiger partial charge in [-0.2, -0.15) is 4.31 Å². The first-order valence-corrected chi connectivity index (χ1v) is 8.61. The van der Waals surface area contributed by atoms with Crippen LogP contribution in [0.2, 0.25) is 0 Å². The van der Waals surface area contributed by atoms with Crippen LogP contribution in [0.1, 0.15) is 5.56 Å². The molecule has 0 aliphatic carbocycles. The highest BCUT2D eigenvalue weighted by Crippen LogP contribution is 2.25. The number of carboxylic acid groups (broad SMARTS) is 1. The Morgan fingerprint density at radius 2 is 2.05 bits per heavy atom. The zero-order chi connectivity index (χ0) is 13.9. The van der Waals surface area contributed by atoms with Gasteiger partial charge in [0.25, 0.3) is 0 Å². The summed E-state index contributed by atoms with van der Waals surface area (Å²) in [6.07, 6.45) is 0.399. The molecule has 0 aromatic heterocycles. The molecule has 2 rings (SSSR count). The van der Waals surface area contributed by atoms with Gasteiger partial charge < -0.3 is 5.11 Å². The van der Waals surface area contributed by atoms with Gasteiger partial charge in [0.15, 0.2) is 0 Å². The van der Waals surface area contributed by atoms with Crippen molar-refractivity contribution in [3.8, 4) is 0 Å². The molecular weight excluding hydrogens is 286 g/mol. The lowest BCUT2D eigenvalue weighted by Crippen LogP contribution is -2.43. The Kier molecular flexibility index (Phi) is 4.49. The molecule has 0 saturated carbocycles. The summed E-state index contributed by atoms with van der Waals surface area (Å²) in [5, 5.41) is 9.01. The molecule has 1 heterocycles. The highest BCUT2D eigenvalue weighted by Gasteiger charge is 2.38. The number of aliphatic carboxylic acids is 1. The Morgan fingerprint density at radius 3 is 2.68 bits per heavy atom. The van der Waals surface area contributed by atoms with Crippen LogP contribution in [0.15, 0.2) is 30.3 Å². The first-order valence-electron chi connectivity index (χ1n) is 5.85. The zero-order valence-corrected chi connectivity index (χ0v) is 11.9. The van der Waals surface area contributed by atoms with Gasteiger partial charge in [0.05, 0.1) is 11.6 Å². The fourth-order valence-corrected chi connectivity index (χ4v) is 5.16. The monoisotopic (exact) mass is 301 g/mol. The van der Waals surface area contributed by atoms with Crippen LogP contribution >= 0.6 is 11.8 Å². The normalized spacial score (nSPS) is 20.5. The summed E-state index contributed by atoms with van der Waals surface area (Å²) in [6, 6.07) is 8.38. The summed E-state index contributed by atoms with van der Waals surface area (Å²) in [4.78, 5) is 11.0. The van der Waals surface area contributed by atoms with Gasteiger partial charge in [-0.05, 0) is 12.0 Å². The molecule has 0 spiro atoms. The summed E-state index contributed by atoms with van der Waals surface area (Å²) < 4.78 is 25.4. The van der Waals surface area contributed by atoms with Crippen molar-refractivity contribution in [2.24, 2.45) is 0 Å². The largest absolute Gasteiger partial charge is 0.480 e. The van der Waals surface area contributed by atoms with Gasteiger partial charge in [-0.3, -0.25) is 4.79 Å². The van der Waals surface area contributed by atoms with Crippen molar-refractivity contribution in [2.45, 2.75) is 12.5 Å². The highest BCUT2D eigenvalue weighted by molar-refractivity contribution is 8.00. The summed E-state index contributed by atoms with van der Waals surface area (Å²) in [5.41, 5.74) is 0.935. The average molecular weight is 301 g/mol. The zero-order valence-electron chi connectivity index (χ0n) is 10.2. The Hall–Kier alpha value is -1.05. The summed E-state index contributed by atoms with van der Waals surface area (Å²) in [7, 11) is -3.52. The molecule has 7 heteroatoms. The van der Waals surface area contributed by atoms with Crippen LogP contribution in [-0.4, -0.2) is 47.2 Å². The smallest absolute Gasteiger partial charge is 0.322 e. The van der Waals surface area contributed by atoms with Crippen molar-refractivity contribution in [1.82, 2.24) is 4.31 Å². The van der Waals surface area contributed by atoms with E-state index in [-0.39, 0.29) is 11.6 Å². The SMILES string of the molecule is O=C(O)[C@@H]1CSCN1S(=O)(=O)CCc1ccccc1. The third-order valence-corrected chi connectivity index (χ3v) is 5.97. The van der Waals surface area contributed by atoms with Gasteiger partial charge in [0, 0.05) is 5.75 Å². The van der Waals surface area contributed by atoms with Crippen molar-refractivity contribution < 1.29 is 18.3 Å². The van der Waals surface area contributed by atoms with Crippen LogP contribution in [-0.2, 0) is 21.2 Å². The van der Waals surface area contributed by atoms with Crippen molar-refractivity contribution in [3.05, 3.63) is 35.9 Å². The second kappa shape index (κ2) is 5.94. The van der Waals surface area contributed by atoms with E-state index < -0.39 is 22.0 Å². The number of hydrogen-bond donors (Lipinski definition) is 1. The van der Waals surface area contributed by atoms with E-state index in [0.717, 1.165) is 9.87 Å². The van der Waals surface area contributed by atoms with E-state index in [4.69, 9.17) is 5.11 Å². The van der Waals surface area contributed by atoms with E-state index >= 15 is 0 Å². The number of sulfonamides is 1. The molecule has 0 bridgehead atoms. The van der Waals surface area contributed by atoms with Crippen LogP contribution in [0.5, 0.6) is 0 Å². The number of benzene rings is 1. The van der Waals surface area contributed by atoms with Crippen LogP contribution in [0, 0.1) is 0 Å². The Bertz CT molecular complexity index is 544. The van der Waals surface area contributed by atoms with E-state index in [9.17, 15) is 13.2 Å². The van der Waals surface area contributed by atoms with Gasteiger partial charge in [-0.25, -0.2) is 8.42 Å². The van der Waals surface area contributed by atoms with Crippen LogP contribution in [0.4, 0.5) is 0 Å². The molecule has 0 amide bonds. The number of hydrogen-bond acceptors (Lipinski definition) is 4. The van der Waals surface area contributed by atoms with Crippen LogP contribution < -0.4 is 0 Å². The maximum atomic E-state index is 12.2. The van der Waals surface area contributed by atoms with Gasteiger partial charge >= 0.3 is 5.97 Å². The lowest BCUT2D eigenvalue weighted by molar-refractivity contribution is -0.140. The maximum absolute atomic E-state index is 12.2. The molecule has 5 nitrogen and oxygen atoms in total. The Labute approximate surface area is 116 Å². The first-order chi connectivity index (χ1) is 9.00. The van der Waals surface area contributed by atoms with Crippen molar-refractivity contribution >= 4 is 27.8 Å². The number of rotatable bonds is 5. The average Bonchev–Trinajstić information content (AvgIpc) is 2.88. The molecular formula is C12H15NO4S2. The molecule has 1 aliphatic rings. The van der Waals surface area contributed by atoms with Crippen molar-refractivity contribution in [1.29, 1.82) is 0 Å². The summed E-state index contributed by atoms with van der Waals surface area (Å²) in [6.45, 7) is 0. The standard InChI is InChI=1S/C12H15NO4S2/c14-12(15)11-8-18-9-13(11)19(16,17)7-6-10-4-2-1-3-5-10/h1-5,11H,6-9H2,(H,14,15)/t11-/m0/s1. The molecule has 104 valence electrons. The Morgan fingerprint density at radius 1 is 1.37 bits per heavy atom. The van der Waals surface area contributed by atoms with E-state index in [2.05, 4.69) is 0 Å². The molecule has 1 aliphatic heterocycles. The molecule has 1 saturated heterocycles. The third-order valence-electron chi connectivity index (χ3n) is 2.98. The molecule has 19 heavy (non-hydrogen) atoms. The first kappa shape index (κ1) is 14.4. The van der Waals surface area contributed by atoms with E-state index in [1.807, 2.05) is 30.3 Å². The number of aryl methyl sites for hydroxylation is 1. The minimum atomic E-state index is -3.52. The van der Waals surface area contributed by atoms with E-state index in [1.165, 1.54) is 11.8 Å². The Balaban J connectivity index is 2.04. The molecule has 1 aromatic carbocycles. The molecule has 1 atom stereocenters. The molecule has 1 N–H and O–H groups in total. The minimum Gasteiger partial charge on any atom is -0.480 e. The fraction of sp³-hybridized carbons (Fsp3) is 0.417. The number of nitrogens with zero attached hydrogens (tertiary/aromatic N) is 1. The molecule has 1 aromatic rings. The quantitative estimate of drug-likeness (QED) is 0.879. The number of carboxylic acids is 1. The maximum Gasteiger partial charge on any atom is 0.322 e. The van der Waals surface area contributed by atoms with Crippen molar-refractivity contribution in [2.75, 3.05) is 17.4 Å². The van der Waals surface area contributed by atoms with Gasteiger partial charge in [0.1, 0.15) is 6.04 Å². The summed E-state index contributed by atoms with van der Waals surface area (Å²) >= 11 is 1.33. The lowest BCUT2D eigenvalue weighted by atomic mass is 10.2. The predicted octanol–water partition coefficient (Wildman–Crippen LogP) is 1.02. The second-order valence-corrected chi connectivity index (χ2v) is 7.33. The number of carbonyl (C=O) groups is 1. The van der Waals surface area contributed by atoms with Crippen molar-refractivity contribution in [3.63, 3.8) is 0 Å². The number of thioether (sulfide) groups is 1. The second-order valence-electron chi connectivity index (χ2n) is 4.29. The van der Waals surface area contributed by atoms with E-state index in [0.29, 0.717) is 12.2 Å². The summed E-state index contributed by atoms with van der Waals surface area (Å²) in [5.74, 6) is -0.580. The highest BCUT2D eigenvalue weighted by atomic mass is 32.2.